The maximum Gasteiger partial charge on any atom is 0.123 e. The van der Waals surface area contributed by atoms with Gasteiger partial charge in [-0.2, -0.15) is 0 Å². The summed E-state index contributed by atoms with van der Waals surface area (Å²) in [6.07, 6.45) is 1.93. The molecule has 1 aromatic heterocycles. The molecule has 1 aromatic carbocycles. The zero-order chi connectivity index (χ0) is 11.8. The number of aromatic amines is 1. The van der Waals surface area contributed by atoms with Crippen molar-refractivity contribution in [1.82, 2.24) is 10.3 Å². The number of halogens is 1. The summed E-state index contributed by atoms with van der Waals surface area (Å²) in [5, 5.41) is 4.35. The highest BCUT2D eigenvalue weighted by molar-refractivity contribution is 5.83. The highest BCUT2D eigenvalue weighted by Gasteiger charge is 2.10. The molecule has 2 rings (SSSR count). The van der Waals surface area contributed by atoms with Gasteiger partial charge in [0.1, 0.15) is 5.82 Å². The van der Waals surface area contributed by atoms with Crippen LogP contribution in [0.5, 0.6) is 0 Å². The van der Waals surface area contributed by atoms with Gasteiger partial charge in [-0.25, -0.2) is 4.39 Å². The number of hydrogen-bond acceptors (Lipinski definition) is 1. The van der Waals surface area contributed by atoms with Crippen molar-refractivity contribution in [3.05, 3.63) is 35.8 Å². The number of fused-ring (bicyclic) bond motifs is 1. The van der Waals surface area contributed by atoms with Crippen LogP contribution in [0.4, 0.5) is 4.39 Å². The third-order valence-electron chi connectivity index (χ3n) is 2.54. The van der Waals surface area contributed by atoms with Crippen LogP contribution in [0.1, 0.15) is 26.3 Å². The first-order valence-corrected chi connectivity index (χ1v) is 5.46. The molecule has 16 heavy (non-hydrogen) atoms. The summed E-state index contributed by atoms with van der Waals surface area (Å²) in [6.45, 7) is 7.08. The Labute approximate surface area is 94.9 Å². The van der Waals surface area contributed by atoms with Gasteiger partial charge in [-0.1, -0.05) is 0 Å². The molecule has 0 saturated carbocycles. The first-order valence-electron chi connectivity index (χ1n) is 5.46. The fraction of sp³-hybridized carbons (Fsp3) is 0.385. The van der Waals surface area contributed by atoms with Gasteiger partial charge in [0.25, 0.3) is 0 Å². The van der Waals surface area contributed by atoms with Gasteiger partial charge in [-0.05, 0) is 44.5 Å². The largest absolute Gasteiger partial charge is 0.361 e. The van der Waals surface area contributed by atoms with Crippen LogP contribution >= 0.6 is 0 Å². The zero-order valence-corrected chi connectivity index (χ0v) is 9.89. The Bertz CT molecular complexity index is 494. The monoisotopic (exact) mass is 220 g/mol. The van der Waals surface area contributed by atoms with Crippen molar-refractivity contribution < 1.29 is 4.39 Å². The highest BCUT2D eigenvalue weighted by atomic mass is 19.1. The smallest absolute Gasteiger partial charge is 0.123 e. The fourth-order valence-corrected chi connectivity index (χ4v) is 1.66. The summed E-state index contributed by atoms with van der Waals surface area (Å²) in [5.74, 6) is -0.191. The van der Waals surface area contributed by atoms with Crippen LogP contribution in [-0.2, 0) is 6.54 Å². The number of H-pyrrole nitrogens is 1. The predicted molar refractivity (Wildman–Crippen MR) is 64.8 cm³/mol. The Morgan fingerprint density at radius 1 is 1.31 bits per heavy atom. The number of benzene rings is 1. The van der Waals surface area contributed by atoms with Gasteiger partial charge >= 0.3 is 0 Å². The van der Waals surface area contributed by atoms with Crippen LogP contribution in [0.15, 0.2) is 24.4 Å². The van der Waals surface area contributed by atoms with Gasteiger partial charge in [0, 0.05) is 29.2 Å². The lowest BCUT2D eigenvalue weighted by atomic mass is 10.1. The Morgan fingerprint density at radius 3 is 2.75 bits per heavy atom. The minimum absolute atomic E-state index is 0.0664. The summed E-state index contributed by atoms with van der Waals surface area (Å²) in [7, 11) is 0. The molecule has 86 valence electrons. The van der Waals surface area contributed by atoms with Crippen molar-refractivity contribution in [3.63, 3.8) is 0 Å². The number of hydrogen-bond donors (Lipinski definition) is 2. The SMILES string of the molecule is CC(C)(C)NCc1c[nH]c2ccc(F)cc12. The molecule has 0 radical (unpaired) electrons. The number of nitrogens with one attached hydrogen (secondary N) is 2. The molecular weight excluding hydrogens is 203 g/mol. The highest BCUT2D eigenvalue weighted by Crippen LogP contribution is 2.19. The normalized spacial score (nSPS) is 12.2. The minimum atomic E-state index is -0.191. The average molecular weight is 220 g/mol. The van der Waals surface area contributed by atoms with Crippen molar-refractivity contribution in [2.24, 2.45) is 0 Å². The quantitative estimate of drug-likeness (QED) is 0.799. The molecule has 0 fully saturated rings. The number of rotatable bonds is 2. The van der Waals surface area contributed by atoms with Crippen LogP contribution in [0.2, 0.25) is 0 Å². The molecule has 0 saturated heterocycles. The lowest BCUT2D eigenvalue weighted by molar-refractivity contribution is 0.425. The summed E-state index contributed by atoms with van der Waals surface area (Å²) in [4.78, 5) is 3.14. The third kappa shape index (κ3) is 2.42. The average Bonchev–Trinajstić information content (AvgIpc) is 2.56. The van der Waals surface area contributed by atoms with E-state index in [1.165, 1.54) is 6.07 Å². The standard InChI is InChI=1S/C13H17FN2/c1-13(2,3)16-8-9-7-15-12-5-4-10(14)6-11(9)12/h4-7,15-16H,8H2,1-3H3. The van der Waals surface area contributed by atoms with Crippen LogP contribution in [0, 0.1) is 5.82 Å². The molecule has 2 nitrogen and oxygen atoms in total. The van der Waals surface area contributed by atoms with Crippen molar-refractivity contribution in [2.45, 2.75) is 32.9 Å². The van der Waals surface area contributed by atoms with Crippen molar-refractivity contribution >= 4 is 10.9 Å². The second-order valence-electron chi connectivity index (χ2n) is 5.11. The van der Waals surface area contributed by atoms with E-state index in [-0.39, 0.29) is 11.4 Å². The topological polar surface area (TPSA) is 27.8 Å². The van der Waals surface area contributed by atoms with Gasteiger partial charge in [0.2, 0.25) is 0 Å². The third-order valence-corrected chi connectivity index (χ3v) is 2.54. The molecule has 1 heterocycles. The maximum atomic E-state index is 13.1. The van der Waals surface area contributed by atoms with E-state index in [4.69, 9.17) is 0 Å². The van der Waals surface area contributed by atoms with Gasteiger partial charge in [0.05, 0.1) is 0 Å². The molecular formula is C13H17FN2. The van der Waals surface area contributed by atoms with E-state index in [2.05, 4.69) is 31.1 Å². The summed E-state index contributed by atoms with van der Waals surface area (Å²) in [6, 6.07) is 4.82. The van der Waals surface area contributed by atoms with E-state index >= 15 is 0 Å². The van der Waals surface area contributed by atoms with E-state index < -0.39 is 0 Å². The molecule has 0 unspecified atom stereocenters. The van der Waals surface area contributed by atoms with Gasteiger partial charge in [-0.15, -0.1) is 0 Å². The van der Waals surface area contributed by atoms with Crippen LogP contribution in [0.3, 0.4) is 0 Å². The predicted octanol–water partition coefficient (Wildman–Crippen LogP) is 3.20. The number of aromatic nitrogens is 1. The Hall–Kier alpha value is -1.35. The van der Waals surface area contributed by atoms with E-state index in [1.54, 1.807) is 12.1 Å². The van der Waals surface area contributed by atoms with E-state index in [1.807, 2.05) is 6.20 Å². The molecule has 0 aliphatic rings. The first kappa shape index (κ1) is 11.1. The first-order chi connectivity index (χ1) is 7.46. The summed E-state index contributed by atoms with van der Waals surface area (Å²) >= 11 is 0. The molecule has 0 aliphatic carbocycles. The van der Waals surface area contributed by atoms with Crippen LogP contribution in [0.25, 0.3) is 10.9 Å². The van der Waals surface area contributed by atoms with E-state index in [0.717, 1.165) is 23.0 Å². The molecule has 0 bridgehead atoms. The second-order valence-corrected chi connectivity index (χ2v) is 5.11. The maximum absolute atomic E-state index is 13.1. The van der Waals surface area contributed by atoms with Crippen molar-refractivity contribution in [3.8, 4) is 0 Å². The zero-order valence-electron chi connectivity index (χ0n) is 9.89. The van der Waals surface area contributed by atoms with E-state index in [9.17, 15) is 4.39 Å². The Kier molecular flexibility index (Phi) is 2.72. The molecule has 2 aromatic rings. The molecule has 0 atom stereocenters. The molecule has 2 N–H and O–H groups in total. The summed E-state index contributed by atoms with van der Waals surface area (Å²) in [5.41, 5.74) is 2.15. The summed E-state index contributed by atoms with van der Waals surface area (Å²) < 4.78 is 13.1. The van der Waals surface area contributed by atoms with Crippen molar-refractivity contribution in [1.29, 1.82) is 0 Å². The second kappa shape index (κ2) is 3.91. The molecule has 0 spiro atoms. The van der Waals surface area contributed by atoms with Gasteiger partial charge in [-0.3, -0.25) is 0 Å². The molecule has 0 amide bonds. The fourth-order valence-electron chi connectivity index (χ4n) is 1.66. The van der Waals surface area contributed by atoms with Gasteiger partial charge < -0.3 is 10.3 Å². The van der Waals surface area contributed by atoms with Crippen molar-refractivity contribution in [2.75, 3.05) is 0 Å². The van der Waals surface area contributed by atoms with Gasteiger partial charge in [0.15, 0.2) is 0 Å². The molecule has 0 aliphatic heterocycles. The minimum Gasteiger partial charge on any atom is -0.361 e. The lowest BCUT2D eigenvalue weighted by Crippen LogP contribution is -2.34. The van der Waals surface area contributed by atoms with Crippen LogP contribution < -0.4 is 5.32 Å². The lowest BCUT2D eigenvalue weighted by Gasteiger charge is -2.20. The Balaban J connectivity index is 2.28. The molecule has 3 heteroatoms. The van der Waals surface area contributed by atoms with E-state index in [0.29, 0.717) is 0 Å². The Morgan fingerprint density at radius 2 is 2.06 bits per heavy atom. The van der Waals surface area contributed by atoms with Crippen LogP contribution in [-0.4, -0.2) is 10.5 Å².